The first-order chi connectivity index (χ1) is 28.8. The van der Waals surface area contributed by atoms with Crippen molar-refractivity contribution < 1.29 is 0 Å². The van der Waals surface area contributed by atoms with Crippen molar-refractivity contribution in [1.29, 1.82) is 0 Å². The van der Waals surface area contributed by atoms with Crippen LogP contribution in [0.2, 0.25) is 0 Å². The molecule has 0 aliphatic heterocycles. The van der Waals surface area contributed by atoms with E-state index in [1.54, 1.807) is 0 Å². The first kappa shape index (κ1) is 41.4. The van der Waals surface area contributed by atoms with Crippen LogP contribution in [0.4, 0.5) is 0 Å². The lowest BCUT2D eigenvalue weighted by Gasteiger charge is -2.28. The number of rotatable bonds is 15. The highest BCUT2D eigenvalue weighted by Gasteiger charge is 2.47. The largest absolute Gasteiger partial charge is 0.138 e. The van der Waals surface area contributed by atoms with Crippen molar-refractivity contribution in [1.82, 2.24) is 0 Å². The molecule has 0 unspecified atom stereocenters. The highest BCUT2D eigenvalue weighted by Crippen LogP contribution is 2.80. The molecular weight excluding hydrogens is 848 g/mol. The second-order valence-corrected chi connectivity index (χ2v) is 38.3. The van der Waals surface area contributed by atoms with Gasteiger partial charge in [-0.3, -0.25) is 0 Å². The van der Waals surface area contributed by atoms with Gasteiger partial charge in [-0.15, -0.1) is 0 Å². The third-order valence-electron chi connectivity index (χ3n) is 10.1. The normalized spacial score (nSPS) is 12.1. The van der Waals surface area contributed by atoms with Gasteiger partial charge in [-0.25, -0.2) is 0 Å². The molecule has 0 aromatic heterocycles. The van der Waals surface area contributed by atoms with Gasteiger partial charge in [-0.1, -0.05) is 194 Å². The second-order valence-electron chi connectivity index (χ2n) is 13.7. The molecule has 0 saturated carbocycles. The Morgan fingerprint density at radius 2 is 0.448 bits per heavy atom. The van der Waals surface area contributed by atoms with Crippen molar-refractivity contribution in [2.24, 2.45) is 0 Å². The third kappa shape index (κ3) is 9.82. The molecule has 8 heteroatoms. The van der Waals surface area contributed by atoms with Crippen molar-refractivity contribution in [3.63, 3.8) is 0 Å². The van der Waals surface area contributed by atoms with Crippen molar-refractivity contribution in [2.45, 2.75) is 0 Å². The maximum Gasteiger partial charge on any atom is 0.138 e. The van der Waals surface area contributed by atoms with E-state index in [4.69, 9.17) is 0 Å². The van der Waals surface area contributed by atoms with Crippen LogP contribution >= 0.6 is 60.0 Å². The first-order valence-electron chi connectivity index (χ1n) is 19.3. The van der Waals surface area contributed by atoms with Crippen molar-refractivity contribution in [3.8, 4) is 0 Å². The second kappa shape index (κ2) is 20.8. The van der Waals surface area contributed by atoms with Gasteiger partial charge in [0.1, 0.15) is 62.0 Å². The Balaban J connectivity index is 1.31. The summed E-state index contributed by atoms with van der Waals surface area (Å²) < 4.78 is 0. The van der Waals surface area contributed by atoms with E-state index < -0.39 is 29.7 Å². The summed E-state index contributed by atoms with van der Waals surface area (Å²) >= 11 is 0. The zero-order valence-corrected chi connectivity index (χ0v) is 39.2. The fraction of sp³-hybridized carbons (Fsp3) is 0.0400. The van der Waals surface area contributed by atoms with E-state index in [0.29, 0.717) is 0 Å². The number of hydrogen-bond donors (Lipinski definition) is 0. The molecular formula is C50H44P8+2. The van der Waals surface area contributed by atoms with Crippen LogP contribution in [0.25, 0.3) is 0 Å². The molecule has 8 aromatic carbocycles. The molecule has 58 heavy (non-hydrogen) atoms. The maximum atomic E-state index is 2.43. The minimum absolute atomic E-state index is 0.623. The maximum absolute atomic E-state index is 2.43. The lowest BCUT2D eigenvalue weighted by Crippen LogP contribution is -2.24. The van der Waals surface area contributed by atoms with E-state index in [-0.39, 0.29) is 0 Å². The van der Waals surface area contributed by atoms with Gasteiger partial charge in [0.2, 0.25) is 0 Å². The van der Waals surface area contributed by atoms with Crippen molar-refractivity contribution >= 4 is 102 Å². The van der Waals surface area contributed by atoms with Crippen LogP contribution < -0.4 is 42.4 Å². The lowest BCUT2D eigenvalue weighted by atomic mass is 10.4. The average Bonchev–Trinajstić information content (AvgIpc) is 3.32. The van der Waals surface area contributed by atoms with Crippen LogP contribution in [-0.2, 0) is 0 Å². The molecule has 0 bridgehead atoms. The van der Waals surface area contributed by atoms with Crippen LogP contribution in [0.5, 0.6) is 0 Å². The molecule has 0 fully saturated rings. The SMILES string of the molecule is c1ccc(P(C[P+](P=PP=P[P+](CP(c2ccccc2)c2ccccc2)(c2ccccc2)c2ccccc2)(c2ccccc2)c2ccccc2)c2ccccc2)cc1. The third-order valence-corrected chi connectivity index (χ3v) is 46.5. The molecule has 0 spiro atoms. The minimum Gasteiger partial charge on any atom is -0.0622 e. The highest BCUT2D eigenvalue weighted by molar-refractivity contribution is 8.62. The van der Waals surface area contributed by atoms with Crippen LogP contribution in [0.15, 0.2) is 243 Å². The topological polar surface area (TPSA) is 0 Å². The Labute approximate surface area is 354 Å². The highest BCUT2D eigenvalue weighted by atomic mass is 32.6. The van der Waals surface area contributed by atoms with Gasteiger partial charge in [0, 0.05) is 15.1 Å². The van der Waals surface area contributed by atoms with Crippen molar-refractivity contribution in [2.75, 3.05) is 11.8 Å². The quantitative estimate of drug-likeness (QED) is 0.0900. The monoisotopic (exact) mass is 892 g/mol. The summed E-state index contributed by atoms with van der Waals surface area (Å²) in [5.41, 5.74) is 0. The van der Waals surface area contributed by atoms with E-state index in [0.717, 1.165) is 11.8 Å². The summed E-state index contributed by atoms with van der Waals surface area (Å²) in [7, 11) is 4.68. The van der Waals surface area contributed by atoms with E-state index in [1.807, 2.05) is 0 Å². The lowest BCUT2D eigenvalue weighted by molar-refractivity contribution is 1.73. The zero-order valence-electron chi connectivity index (χ0n) is 32.1. The molecule has 282 valence electrons. The van der Waals surface area contributed by atoms with Gasteiger partial charge in [0.05, 0.1) is 0 Å². The van der Waals surface area contributed by atoms with E-state index in [9.17, 15) is 0 Å². The summed E-state index contributed by atoms with van der Waals surface area (Å²) in [4.78, 5) is 0. The summed E-state index contributed by atoms with van der Waals surface area (Å²) in [6.07, 6.45) is 0. The molecule has 0 aliphatic carbocycles. The molecule has 8 aromatic rings. The van der Waals surface area contributed by atoms with Gasteiger partial charge in [0.25, 0.3) is 0 Å². The Morgan fingerprint density at radius 3 is 0.655 bits per heavy atom. The van der Waals surface area contributed by atoms with Gasteiger partial charge in [-0.05, 0) is 85.6 Å². The minimum atomic E-state index is -1.94. The summed E-state index contributed by atoms with van der Waals surface area (Å²) in [5.74, 6) is 2.27. The van der Waals surface area contributed by atoms with Gasteiger partial charge in [-0.2, -0.15) is 0 Å². The summed E-state index contributed by atoms with van der Waals surface area (Å²) in [5, 5.41) is 11.8. The predicted octanol–water partition coefficient (Wildman–Crippen LogP) is 13.9. The Bertz CT molecular complexity index is 2150. The molecule has 0 N–H and O–H groups in total. The molecule has 0 aliphatic rings. The Kier molecular flexibility index (Phi) is 14.8. The first-order valence-corrected chi connectivity index (χ1v) is 33.4. The fourth-order valence-corrected chi connectivity index (χ4v) is 55.1. The Morgan fingerprint density at radius 1 is 0.259 bits per heavy atom. The van der Waals surface area contributed by atoms with Crippen molar-refractivity contribution in [3.05, 3.63) is 243 Å². The van der Waals surface area contributed by atoms with Crippen LogP contribution in [0.1, 0.15) is 0 Å². The van der Waals surface area contributed by atoms with E-state index in [1.165, 1.54) is 72.7 Å². The van der Waals surface area contributed by atoms with E-state index in [2.05, 4.69) is 243 Å². The molecule has 0 heterocycles. The Hall–Kier alpha value is -3.32. The zero-order chi connectivity index (χ0) is 39.3. The standard InChI is InChI=1S/C50H44P8/c1-9-25-43(26-10-1)55(44-27-11-2-12-28-44)41-57(47-33-17-5-18-34-47,48-35-19-6-20-36-48)53-51-52-54-58(49-37-21-7-22-38-49,50-39-23-8-24-40-50)42-56(45-29-13-3-14-30-45)46-31-15-4-16-32-46/h1-40H,41-42H2/q+2. The van der Waals surface area contributed by atoms with Crippen LogP contribution in [0.3, 0.4) is 0 Å². The van der Waals surface area contributed by atoms with Crippen LogP contribution in [0, 0.1) is 0 Å². The van der Waals surface area contributed by atoms with Gasteiger partial charge >= 0.3 is 0 Å². The smallest absolute Gasteiger partial charge is 0.0622 e. The molecule has 0 atom stereocenters. The predicted molar refractivity (Wildman–Crippen MR) is 274 cm³/mol. The van der Waals surface area contributed by atoms with E-state index >= 15 is 0 Å². The molecule has 0 amide bonds. The summed E-state index contributed by atoms with van der Waals surface area (Å²) in [6, 6.07) is 91.6. The van der Waals surface area contributed by atoms with Crippen LogP contribution in [-0.4, -0.2) is 11.8 Å². The molecule has 0 nitrogen and oxygen atoms in total. The molecule has 0 saturated heterocycles. The summed E-state index contributed by atoms with van der Waals surface area (Å²) in [6.45, 7) is -3.89. The van der Waals surface area contributed by atoms with Gasteiger partial charge in [0.15, 0.2) is 0 Å². The molecule has 0 radical (unpaired) electrons. The number of benzene rings is 8. The molecule has 8 rings (SSSR count). The van der Waals surface area contributed by atoms with Gasteiger partial charge < -0.3 is 0 Å². The average molecular weight is 893 g/mol. The fourth-order valence-electron chi connectivity index (χ4n) is 7.22. The number of hydrogen-bond acceptors (Lipinski definition) is 0.